The number of nitrogens with one attached hydrogen (secondary N) is 1. The lowest BCUT2D eigenvalue weighted by molar-refractivity contribution is 0.277. The molecular formula is C13H16N2O. The van der Waals surface area contributed by atoms with Gasteiger partial charge in [0.15, 0.2) is 0 Å². The molecule has 0 aliphatic rings. The van der Waals surface area contributed by atoms with Gasteiger partial charge in [0.25, 0.3) is 0 Å². The highest BCUT2D eigenvalue weighted by Gasteiger charge is 2.06. The van der Waals surface area contributed by atoms with Crippen molar-refractivity contribution in [3.63, 3.8) is 0 Å². The lowest BCUT2D eigenvalue weighted by Crippen LogP contribution is -1.97. The number of hydrogen-bond donors (Lipinski definition) is 2. The zero-order valence-electron chi connectivity index (χ0n) is 9.62. The summed E-state index contributed by atoms with van der Waals surface area (Å²) < 4.78 is 0. The molecule has 0 saturated carbocycles. The molecule has 16 heavy (non-hydrogen) atoms. The van der Waals surface area contributed by atoms with Gasteiger partial charge in [-0.3, -0.25) is 0 Å². The van der Waals surface area contributed by atoms with Crippen molar-refractivity contribution in [1.29, 1.82) is 0 Å². The fourth-order valence-corrected chi connectivity index (χ4v) is 1.87. The summed E-state index contributed by atoms with van der Waals surface area (Å²) in [4.78, 5) is 7.39. The molecule has 1 aromatic heterocycles. The quantitative estimate of drug-likeness (QED) is 0.825. The number of aromatic amines is 1. The largest absolute Gasteiger partial charge is 0.390 e. The van der Waals surface area contributed by atoms with Crippen molar-refractivity contribution >= 4 is 0 Å². The Kier molecular flexibility index (Phi) is 3.06. The van der Waals surface area contributed by atoms with Crippen LogP contribution in [0.15, 0.2) is 24.4 Å². The maximum absolute atomic E-state index is 8.94. The molecule has 1 heterocycles. The van der Waals surface area contributed by atoms with E-state index in [2.05, 4.69) is 42.0 Å². The zero-order chi connectivity index (χ0) is 11.5. The molecule has 0 radical (unpaired) electrons. The van der Waals surface area contributed by atoms with Crippen LogP contribution < -0.4 is 0 Å². The van der Waals surface area contributed by atoms with Gasteiger partial charge >= 0.3 is 0 Å². The van der Waals surface area contributed by atoms with Gasteiger partial charge in [0, 0.05) is 12.6 Å². The topological polar surface area (TPSA) is 48.9 Å². The first-order chi connectivity index (χ1) is 7.70. The standard InChI is InChI=1S/C13H16N2O/c1-9-4-3-5-10(2)12(9)6-13-14-7-11(8-16)15-13/h3-5,7,16H,6,8H2,1-2H3,(H,14,15). The third-order valence-electron chi connectivity index (χ3n) is 2.83. The van der Waals surface area contributed by atoms with E-state index in [1.54, 1.807) is 6.20 Å². The normalized spacial score (nSPS) is 10.7. The number of imidazole rings is 1. The Balaban J connectivity index is 2.26. The molecule has 0 spiro atoms. The molecule has 2 N–H and O–H groups in total. The molecule has 0 aliphatic heterocycles. The van der Waals surface area contributed by atoms with E-state index >= 15 is 0 Å². The minimum atomic E-state index is -0.0107. The number of aliphatic hydroxyl groups excluding tert-OH is 1. The summed E-state index contributed by atoms with van der Waals surface area (Å²) in [7, 11) is 0. The number of hydrogen-bond acceptors (Lipinski definition) is 2. The van der Waals surface area contributed by atoms with Crippen LogP contribution >= 0.6 is 0 Å². The van der Waals surface area contributed by atoms with Crippen molar-refractivity contribution < 1.29 is 5.11 Å². The Hall–Kier alpha value is -1.61. The fourth-order valence-electron chi connectivity index (χ4n) is 1.87. The van der Waals surface area contributed by atoms with Crippen LogP contribution in [-0.4, -0.2) is 15.1 Å². The third-order valence-corrected chi connectivity index (χ3v) is 2.83. The number of aromatic nitrogens is 2. The first kappa shape index (κ1) is 10.9. The van der Waals surface area contributed by atoms with Crippen LogP contribution in [0.25, 0.3) is 0 Å². The van der Waals surface area contributed by atoms with E-state index in [-0.39, 0.29) is 6.61 Å². The van der Waals surface area contributed by atoms with Gasteiger partial charge in [-0.05, 0) is 30.5 Å². The summed E-state index contributed by atoms with van der Waals surface area (Å²) in [6.07, 6.45) is 2.54. The van der Waals surface area contributed by atoms with Gasteiger partial charge in [-0.15, -0.1) is 0 Å². The second-order valence-electron chi connectivity index (χ2n) is 4.04. The van der Waals surface area contributed by atoms with Crippen LogP contribution in [0.3, 0.4) is 0 Å². The average Bonchev–Trinajstić information content (AvgIpc) is 2.71. The van der Waals surface area contributed by atoms with Crippen molar-refractivity contribution in [3.8, 4) is 0 Å². The maximum Gasteiger partial charge on any atom is 0.110 e. The lowest BCUT2D eigenvalue weighted by atomic mass is 10.00. The van der Waals surface area contributed by atoms with Gasteiger partial charge < -0.3 is 10.1 Å². The van der Waals surface area contributed by atoms with Gasteiger partial charge in [0.1, 0.15) is 5.82 Å². The van der Waals surface area contributed by atoms with E-state index in [0.29, 0.717) is 5.69 Å². The maximum atomic E-state index is 8.94. The summed E-state index contributed by atoms with van der Waals surface area (Å²) in [5.74, 6) is 0.904. The SMILES string of the molecule is Cc1cccc(C)c1Cc1nc(CO)c[nH]1. The minimum absolute atomic E-state index is 0.0107. The lowest BCUT2D eigenvalue weighted by Gasteiger charge is -2.07. The molecule has 0 bridgehead atoms. The van der Waals surface area contributed by atoms with Gasteiger partial charge in [-0.2, -0.15) is 0 Å². The Morgan fingerprint density at radius 3 is 2.50 bits per heavy atom. The van der Waals surface area contributed by atoms with Crippen molar-refractivity contribution in [2.24, 2.45) is 0 Å². The molecule has 2 rings (SSSR count). The van der Waals surface area contributed by atoms with Crippen molar-refractivity contribution in [2.75, 3.05) is 0 Å². The summed E-state index contributed by atoms with van der Waals surface area (Å²) in [5.41, 5.74) is 4.56. The first-order valence-electron chi connectivity index (χ1n) is 5.40. The van der Waals surface area contributed by atoms with Gasteiger partial charge in [0.05, 0.1) is 12.3 Å². The summed E-state index contributed by atoms with van der Waals surface area (Å²) in [6, 6.07) is 6.28. The highest BCUT2D eigenvalue weighted by Crippen LogP contribution is 2.16. The van der Waals surface area contributed by atoms with Crippen molar-refractivity contribution in [2.45, 2.75) is 26.9 Å². The van der Waals surface area contributed by atoms with E-state index in [0.717, 1.165) is 12.2 Å². The third kappa shape index (κ3) is 2.14. The van der Waals surface area contributed by atoms with E-state index in [4.69, 9.17) is 5.11 Å². The summed E-state index contributed by atoms with van der Waals surface area (Å²) in [5, 5.41) is 8.94. The number of rotatable bonds is 3. The van der Waals surface area contributed by atoms with Crippen molar-refractivity contribution in [1.82, 2.24) is 9.97 Å². The molecule has 3 nitrogen and oxygen atoms in total. The van der Waals surface area contributed by atoms with Crippen molar-refractivity contribution in [3.05, 3.63) is 52.6 Å². The Labute approximate surface area is 95.2 Å². The summed E-state index contributed by atoms with van der Waals surface area (Å²) in [6.45, 7) is 4.21. The molecular weight excluding hydrogens is 200 g/mol. The Morgan fingerprint density at radius 1 is 1.25 bits per heavy atom. The predicted molar refractivity (Wildman–Crippen MR) is 63.2 cm³/mol. The molecule has 0 saturated heterocycles. The van der Waals surface area contributed by atoms with E-state index in [1.807, 2.05) is 0 Å². The molecule has 0 amide bonds. The van der Waals surface area contributed by atoms with Crippen LogP contribution in [0.4, 0.5) is 0 Å². The van der Waals surface area contributed by atoms with Gasteiger partial charge in [-0.25, -0.2) is 4.98 Å². The fraction of sp³-hybridized carbons (Fsp3) is 0.308. The monoisotopic (exact) mass is 216 g/mol. The molecule has 0 fully saturated rings. The first-order valence-corrected chi connectivity index (χ1v) is 5.40. The predicted octanol–water partition coefficient (Wildman–Crippen LogP) is 2.11. The van der Waals surface area contributed by atoms with Crippen LogP contribution in [0.1, 0.15) is 28.2 Å². The van der Waals surface area contributed by atoms with E-state index < -0.39 is 0 Å². The molecule has 2 aromatic rings. The smallest absolute Gasteiger partial charge is 0.110 e. The second kappa shape index (κ2) is 4.49. The average molecular weight is 216 g/mol. The van der Waals surface area contributed by atoms with Crippen LogP contribution in [0, 0.1) is 13.8 Å². The number of aryl methyl sites for hydroxylation is 2. The molecule has 0 unspecified atom stereocenters. The van der Waals surface area contributed by atoms with Crippen LogP contribution in [0.2, 0.25) is 0 Å². The highest BCUT2D eigenvalue weighted by molar-refractivity contribution is 5.35. The van der Waals surface area contributed by atoms with Gasteiger partial charge in [0.2, 0.25) is 0 Å². The number of aliphatic hydroxyl groups is 1. The Morgan fingerprint density at radius 2 is 1.94 bits per heavy atom. The van der Waals surface area contributed by atoms with Crippen LogP contribution in [0.5, 0.6) is 0 Å². The molecule has 84 valence electrons. The molecule has 0 atom stereocenters. The van der Waals surface area contributed by atoms with E-state index in [1.165, 1.54) is 16.7 Å². The Bertz CT molecular complexity index is 468. The van der Waals surface area contributed by atoms with Crippen LogP contribution in [-0.2, 0) is 13.0 Å². The number of H-pyrrole nitrogens is 1. The number of benzene rings is 1. The van der Waals surface area contributed by atoms with E-state index in [9.17, 15) is 0 Å². The summed E-state index contributed by atoms with van der Waals surface area (Å²) >= 11 is 0. The minimum Gasteiger partial charge on any atom is -0.390 e. The second-order valence-corrected chi connectivity index (χ2v) is 4.04. The highest BCUT2D eigenvalue weighted by atomic mass is 16.3. The number of nitrogens with zero attached hydrogens (tertiary/aromatic N) is 1. The molecule has 0 aliphatic carbocycles. The van der Waals surface area contributed by atoms with Gasteiger partial charge in [-0.1, -0.05) is 18.2 Å². The molecule has 1 aromatic carbocycles. The molecule has 3 heteroatoms. The zero-order valence-corrected chi connectivity index (χ0v) is 9.62.